The molecule has 5 rings (SSSR count). The molecule has 0 heterocycles. The lowest BCUT2D eigenvalue weighted by Gasteiger charge is -2.12. The maximum absolute atomic E-state index is 5.39. The smallest absolute Gasteiger partial charge is 0.118 e. The molecule has 0 amide bonds. The second-order valence-electron chi connectivity index (χ2n) is 9.11. The third-order valence-corrected chi connectivity index (χ3v) is 6.47. The van der Waals surface area contributed by atoms with E-state index in [1.54, 1.807) is 7.11 Å². The van der Waals surface area contributed by atoms with Crippen LogP contribution >= 0.6 is 0 Å². The molecule has 0 atom stereocenters. The minimum atomic E-state index is 0.855. The van der Waals surface area contributed by atoms with Crippen LogP contribution in [0.25, 0.3) is 23.3 Å². The lowest BCUT2D eigenvalue weighted by Crippen LogP contribution is -1.91. The zero-order valence-corrected chi connectivity index (χ0v) is 21.3. The van der Waals surface area contributed by atoms with E-state index in [9.17, 15) is 0 Å². The van der Waals surface area contributed by atoms with Crippen LogP contribution < -0.4 is 4.74 Å². The number of hydrogen-bond donors (Lipinski definition) is 0. The average Bonchev–Trinajstić information content (AvgIpc) is 2.96. The molecule has 1 nitrogen and oxygen atoms in total. The van der Waals surface area contributed by atoms with Crippen molar-refractivity contribution in [3.63, 3.8) is 0 Å². The molecule has 180 valence electrons. The van der Waals surface area contributed by atoms with E-state index in [0.29, 0.717) is 0 Å². The van der Waals surface area contributed by atoms with Crippen molar-refractivity contribution in [3.05, 3.63) is 172 Å². The molecule has 0 saturated heterocycles. The van der Waals surface area contributed by atoms with Crippen LogP contribution in [0.15, 0.2) is 133 Å². The highest BCUT2D eigenvalue weighted by molar-refractivity contribution is 5.94. The fourth-order valence-corrected chi connectivity index (χ4v) is 4.48. The van der Waals surface area contributed by atoms with Crippen molar-refractivity contribution in [3.8, 4) is 5.75 Å². The topological polar surface area (TPSA) is 9.23 Å². The standard InChI is InChI=1S/C36H30O/c1-27-16-18-32(19-17-27)36(33-20-22-34(37-2)23-21-33)26-29-11-9-10-28(24-29)25-35(30-12-5-3-6-13-30)31-14-7-4-8-15-31/h3-26H,1-2H3. The van der Waals surface area contributed by atoms with E-state index in [4.69, 9.17) is 4.74 Å². The summed E-state index contributed by atoms with van der Waals surface area (Å²) in [4.78, 5) is 0. The highest BCUT2D eigenvalue weighted by Gasteiger charge is 2.08. The Bertz CT molecular complexity index is 1470. The van der Waals surface area contributed by atoms with E-state index < -0.39 is 0 Å². The van der Waals surface area contributed by atoms with Gasteiger partial charge in [0.2, 0.25) is 0 Å². The Hall–Kier alpha value is -4.62. The highest BCUT2D eigenvalue weighted by atomic mass is 16.5. The van der Waals surface area contributed by atoms with Crippen LogP contribution in [0.1, 0.15) is 38.9 Å². The van der Waals surface area contributed by atoms with E-state index in [0.717, 1.165) is 22.4 Å². The summed E-state index contributed by atoms with van der Waals surface area (Å²) in [6.45, 7) is 2.12. The summed E-state index contributed by atoms with van der Waals surface area (Å²) in [6, 6.07) is 46.9. The van der Waals surface area contributed by atoms with E-state index in [2.05, 4.69) is 140 Å². The van der Waals surface area contributed by atoms with Gasteiger partial charge in [-0.15, -0.1) is 0 Å². The zero-order valence-electron chi connectivity index (χ0n) is 21.3. The molecular formula is C36H30O. The minimum Gasteiger partial charge on any atom is -0.497 e. The van der Waals surface area contributed by atoms with Crippen molar-refractivity contribution < 1.29 is 4.74 Å². The van der Waals surface area contributed by atoms with Gasteiger partial charge in [-0.25, -0.2) is 0 Å². The normalized spacial score (nSPS) is 11.1. The molecule has 1 heteroatoms. The van der Waals surface area contributed by atoms with Gasteiger partial charge in [-0.3, -0.25) is 0 Å². The van der Waals surface area contributed by atoms with E-state index in [-0.39, 0.29) is 0 Å². The maximum atomic E-state index is 5.39. The summed E-state index contributed by atoms with van der Waals surface area (Å²) in [5.41, 5.74) is 10.7. The number of rotatable bonds is 7. The summed E-state index contributed by atoms with van der Waals surface area (Å²) in [7, 11) is 1.70. The largest absolute Gasteiger partial charge is 0.497 e. The molecule has 0 N–H and O–H groups in total. The van der Waals surface area contributed by atoms with Gasteiger partial charge in [0.15, 0.2) is 0 Å². The Morgan fingerprint density at radius 1 is 0.486 bits per heavy atom. The van der Waals surface area contributed by atoms with Gasteiger partial charge in [0.05, 0.1) is 7.11 Å². The first-order valence-corrected chi connectivity index (χ1v) is 12.6. The van der Waals surface area contributed by atoms with Crippen LogP contribution in [-0.2, 0) is 0 Å². The summed E-state index contributed by atoms with van der Waals surface area (Å²) in [6.07, 6.45) is 4.55. The summed E-state index contributed by atoms with van der Waals surface area (Å²) >= 11 is 0. The Labute approximate surface area is 220 Å². The predicted octanol–water partition coefficient (Wildman–Crippen LogP) is 9.18. The van der Waals surface area contributed by atoms with Gasteiger partial charge in [-0.2, -0.15) is 0 Å². The number of methoxy groups -OCH3 is 1. The molecule has 0 saturated carbocycles. The van der Waals surface area contributed by atoms with Crippen molar-refractivity contribution in [2.45, 2.75) is 6.92 Å². The highest BCUT2D eigenvalue weighted by Crippen LogP contribution is 2.30. The van der Waals surface area contributed by atoms with Crippen LogP contribution in [0.3, 0.4) is 0 Å². The van der Waals surface area contributed by atoms with Gasteiger partial charge in [0.1, 0.15) is 5.75 Å². The first-order valence-electron chi connectivity index (χ1n) is 12.6. The Morgan fingerprint density at radius 2 is 0.919 bits per heavy atom. The van der Waals surface area contributed by atoms with Gasteiger partial charge < -0.3 is 4.74 Å². The third-order valence-electron chi connectivity index (χ3n) is 6.47. The van der Waals surface area contributed by atoms with E-state index in [1.165, 1.54) is 33.4 Å². The van der Waals surface area contributed by atoms with Crippen molar-refractivity contribution >= 4 is 23.3 Å². The summed E-state index contributed by atoms with van der Waals surface area (Å²) in [5.74, 6) is 0.855. The molecule has 0 unspecified atom stereocenters. The molecule has 0 radical (unpaired) electrons. The number of benzene rings is 5. The van der Waals surface area contributed by atoms with Crippen LogP contribution in [0.4, 0.5) is 0 Å². The third kappa shape index (κ3) is 5.97. The van der Waals surface area contributed by atoms with Gasteiger partial charge in [-0.05, 0) is 81.8 Å². The van der Waals surface area contributed by atoms with Crippen molar-refractivity contribution in [1.29, 1.82) is 0 Å². The maximum Gasteiger partial charge on any atom is 0.118 e. The Balaban J connectivity index is 1.59. The van der Waals surface area contributed by atoms with Gasteiger partial charge in [0.25, 0.3) is 0 Å². The van der Waals surface area contributed by atoms with Gasteiger partial charge in [-0.1, -0.05) is 121 Å². The molecule has 5 aromatic rings. The lowest BCUT2D eigenvalue weighted by atomic mass is 9.93. The van der Waals surface area contributed by atoms with Crippen LogP contribution in [-0.4, -0.2) is 7.11 Å². The van der Waals surface area contributed by atoms with Gasteiger partial charge >= 0.3 is 0 Å². The molecular weight excluding hydrogens is 448 g/mol. The van der Waals surface area contributed by atoms with Gasteiger partial charge in [0, 0.05) is 0 Å². The molecule has 0 aromatic heterocycles. The average molecular weight is 479 g/mol. The molecule has 0 aliphatic carbocycles. The lowest BCUT2D eigenvalue weighted by molar-refractivity contribution is 0.415. The zero-order chi connectivity index (χ0) is 25.5. The van der Waals surface area contributed by atoms with E-state index >= 15 is 0 Å². The predicted molar refractivity (Wildman–Crippen MR) is 157 cm³/mol. The SMILES string of the molecule is COc1ccc(C(=Cc2cccc(C=C(c3ccccc3)c3ccccc3)c2)c2ccc(C)cc2)cc1. The number of aryl methyl sites for hydroxylation is 1. The fraction of sp³-hybridized carbons (Fsp3) is 0.0556. The second-order valence-corrected chi connectivity index (χ2v) is 9.11. The van der Waals surface area contributed by atoms with E-state index in [1.807, 2.05) is 12.1 Å². The fourth-order valence-electron chi connectivity index (χ4n) is 4.48. The molecule has 0 aliphatic heterocycles. The van der Waals surface area contributed by atoms with Crippen LogP contribution in [0, 0.1) is 6.92 Å². The molecule has 5 aromatic carbocycles. The monoisotopic (exact) mass is 478 g/mol. The number of ether oxygens (including phenoxy) is 1. The Morgan fingerprint density at radius 3 is 1.38 bits per heavy atom. The second kappa shape index (κ2) is 11.4. The first-order chi connectivity index (χ1) is 18.2. The molecule has 0 aliphatic rings. The van der Waals surface area contributed by atoms with Crippen LogP contribution in [0.2, 0.25) is 0 Å². The first kappa shape index (κ1) is 24.1. The Kier molecular flexibility index (Phi) is 7.43. The molecule has 0 fully saturated rings. The van der Waals surface area contributed by atoms with Crippen LogP contribution in [0.5, 0.6) is 5.75 Å². The molecule has 37 heavy (non-hydrogen) atoms. The quantitative estimate of drug-likeness (QED) is 0.212. The van der Waals surface area contributed by atoms with Crippen molar-refractivity contribution in [2.24, 2.45) is 0 Å². The van der Waals surface area contributed by atoms with Crippen molar-refractivity contribution in [2.75, 3.05) is 7.11 Å². The van der Waals surface area contributed by atoms with Crippen molar-refractivity contribution in [1.82, 2.24) is 0 Å². The number of hydrogen-bond acceptors (Lipinski definition) is 1. The minimum absolute atomic E-state index is 0.855. The summed E-state index contributed by atoms with van der Waals surface area (Å²) in [5, 5.41) is 0. The molecule has 0 spiro atoms. The molecule has 0 bridgehead atoms. The summed E-state index contributed by atoms with van der Waals surface area (Å²) < 4.78 is 5.39.